The van der Waals surface area contributed by atoms with Crippen LogP contribution >= 0.6 is 34.8 Å². The third-order valence-electron chi connectivity index (χ3n) is 20.5. The number of fused-ring (bicyclic) bond motifs is 9. The van der Waals surface area contributed by atoms with E-state index in [1.54, 1.807) is 60.1 Å². The van der Waals surface area contributed by atoms with Crippen molar-refractivity contribution in [1.82, 2.24) is 79.8 Å². The fraction of sp³-hybridized carbons (Fsp3) is 0.418. The van der Waals surface area contributed by atoms with E-state index in [4.69, 9.17) is 96.7 Å². The summed E-state index contributed by atoms with van der Waals surface area (Å²) in [6, 6.07) is 21.1. The molecule has 740 valence electrons. The molecule has 2 fully saturated rings. The van der Waals surface area contributed by atoms with Crippen molar-refractivity contribution in [2.75, 3.05) is 144 Å². The molecule has 48 heteroatoms. The minimum atomic E-state index is -3.51. The molecule has 0 amide bonds. The van der Waals surface area contributed by atoms with Crippen LogP contribution in [0, 0.1) is 23.7 Å². The molecule has 8 unspecified atom stereocenters. The summed E-state index contributed by atoms with van der Waals surface area (Å²) in [5.74, 6) is -3.19. The van der Waals surface area contributed by atoms with E-state index in [1.807, 2.05) is 0 Å². The molecule has 9 aliphatic heterocycles. The molecule has 0 aliphatic carbocycles. The average Bonchev–Trinajstić information content (AvgIpc) is 1.57. The maximum absolute atomic E-state index is 12.2. The Morgan fingerprint density at radius 1 is 0.468 bits per heavy atom. The molecule has 15 heterocycles. The van der Waals surface area contributed by atoms with Crippen molar-refractivity contribution in [3.63, 3.8) is 0 Å². The summed E-state index contributed by atoms with van der Waals surface area (Å²) < 4.78 is 72.1. The van der Waals surface area contributed by atoms with E-state index in [0.717, 1.165) is 88.6 Å². The van der Waals surface area contributed by atoms with Gasteiger partial charge in [0, 0.05) is 121 Å². The van der Waals surface area contributed by atoms with Gasteiger partial charge < -0.3 is 72.5 Å². The highest BCUT2D eigenvalue weighted by Crippen LogP contribution is 2.36. The summed E-state index contributed by atoms with van der Waals surface area (Å²) in [7, 11) is -3.51. The molecule has 0 radical (unpaired) electrons. The molecule has 6 aromatic heterocycles. The second-order valence-corrected chi connectivity index (χ2v) is 33.1. The van der Waals surface area contributed by atoms with Gasteiger partial charge in [0.2, 0.25) is 29.8 Å². The van der Waals surface area contributed by atoms with Crippen LogP contribution in [-0.4, -0.2) is 322 Å². The lowest BCUT2D eigenvalue weighted by molar-refractivity contribution is -0.164. The molecule has 17 rings (SSSR count). The first-order chi connectivity index (χ1) is 67.3. The number of oxime groups is 5. The Morgan fingerprint density at radius 3 is 1.37 bits per heavy atom. The van der Waals surface area contributed by atoms with Gasteiger partial charge >= 0.3 is 35.8 Å². The number of hydrogen-bond acceptors (Lipinski definition) is 44. The summed E-state index contributed by atoms with van der Waals surface area (Å²) in [6.07, 6.45) is 23.6. The fourth-order valence-electron chi connectivity index (χ4n) is 14.1. The van der Waals surface area contributed by atoms with Crippen molar-refractivity contribution in [3.8, 4) is 17.6 Å². The van der Waals surface area contributed by atoms with Gasteiger partial charge in [0.1, 0.15) is 108 Å². The maximum atomic E-state index is 12.2. The number of carbonyl (C=O) groups is 6. The van der Waals surface area contributed by atoms with Crippen molar-refractivity contribution in [3.05, 3.63) is 219 Å². The first-order valence-corrected chi connectivity index (χ1v) is 46.9. The Bertz CT molecular complexity index is 5750. The Morgan fingerprint density at radius 2 is 0.878 bits per heavy atom. The predicted octanol–water partition coefficient (Wildman–Crippen LogP) is 7.91. The SMILES string of the molecule is C/C(=C\c1ccccc1)CN1CCN(CC2ON=C3c4cncnc4OCC32)CC1.C/C(=C\c1ccccc1)CN1CCNCC1.CCOC(=O)/C=C\C(=O)OCC.CCOC(=O)C1ON=C(c2cncnc2Cl)C1C(=O)OCC.CCOC(=O)C1ON=C2c3cncnc3OCC21.CCOC(=O)c1cncnc1Cl.CS(=O)(=O)OCC1ON=C2c3cncnc3OCC21.ON=Cc1cncnc1Cl. The van der Waals surface area contributed by atoms with Crippen LogP contribution in [0.2, 0.25) is 15.5 Å². The van der Waals surface area contributed by atoms with Crippen molar-refractivity contribution in [2.45, 2.75) is 79.8 Å². The second-order valence-electron chi connectivity index (χ2n) is 30.4. The fourth-order valence-corrected chi connectivity index (χ4v) is 15.0. The Hall–Kier alpha value is -13.7. The van der Waals surface area contributed by atoms with Crippen LogP contribution in [0.15, 0.2) is 185 Å². The first kappa shape index (κ1) is 107. The number of nitrogens with zero attached hydrogens (tertiary/aromatic N) is 20. The highest BCUT2D eigenvalue weighted by atomic mass is 35.5. The molecule has 0 saturated carbocycles. The topological polar surface area (TPSA) is 524 Å². The van der Waals surface area contributed by atoms with Gasteiger partial charge in [-0.1, -0.05) is 145 Å². The van der Waals surface area contributed by atoms with Crippen molar-refractivity contribution >= 4 is 122 Å². The smallest absolute Gasteiger partial charge is 0.351 e. The number of nitrogens with one attached hydrogen (secondary N) is 1. The van der Waals surface area contributed by atoms with Crippen molar-refractivity contribution < 1.29 is 109 Å². The van der Waals surface area contributed by atoms with Crippen molar-refractivity contribution in [2.24, 2.45) is 49.5 Å². The first-order valence-electron chi connectivity index (χ1n) is 44.0. The average molecular weight is 2000 g/mol. The number of hydrogen-bond donors (Lipinski definition) is 2. The molecule has 8 atom stereocenters. The highest BCUT2D eigenvalue weighted by molar-refractivity contribution is 7.86. The van der Waals surface area contributed by atoms with E-state index in [0.29, 0.717) is 97.6 Å². The summed E-state index contributed by atoms with van der Waals surface area (Å²) in [5.41, 5.74) is 11.0. The number of carbonyl (C=O) groups excluding carboxylic acids is 6. The van der Waals surface area contributed by atoms with E-state index in [9.17, 15) is 37.2 Å². The lowest BCUT2D eigenvalue weighted by Crippen LogP contribution is -2.50. The van der Waals surface area contributed by atoms with Gasteiger partial charge in [0.25, 0.3) is 10.1 Å². The van der Waals surface area contributed by atoms with E-state index in [-0.39, 0.29) is 70.4 Å². The third-order valence-corrected chi connectivity index (χ3v) is 22.0. The summed E-state index contributed by atoms with van der Waals surface area (Å²) in [4.78, 5) is 143. The Labute approximate surface area is 816 Å². The number of halogens is 3. The molecule has 44 nitrogen and oxygen atoms in total. The van der Waals surface area contributed by atoms with Crippen LogP contribution in [0.4, 0.5) is 0 Å². The maximum Gasteiger partial charge on any atom is 0.351 e. The molecular formula is C91H106Cl3N21O23S. The quantitative estimate of drug-likeness (QED) is 0.00801. The highest BCUT2D eigenvalue weighted by Gasteiger charge is 2.49. The Balaban J connectivity index is 0.000000168. The van der Waals surface area contributed by atoms with Gasteiger partial charge in [0.15, 0.2) is 18.1 Å². The lowest BCUT2D eigenvalue weighted by Gasteiger charge is -2.36. The van der Waals surface area contributed by atoms with E-state index in [1.165, 1.54) is 98.1 Å². The zero-order valence-corrected chi connectivity index (χ0v) is 80.6. The Kier molecular flexibility index (Phi) is 43.5. The van der Waals surface area contributed by atoms with Gasteiger partial charge in [-0.3, -0.25) is 23.7 Å². The van der Waals surface area contributed by atoms with Gasteiger partial charge in [-0.15, -0.1) is 0 Å². The van der Waals surface area contributed by atoms with Gasteiger partial charge in [0.05, 0.1) is 97.7 Å². The molecular weight excluding hydrogens is 1890 g/mol. The zero-order valence-electron chi connectivity index (χ0n) is 77.5. The van der Waals surface area contributed by atoms with Crippen LogP contribution in [-0.2, 0) is 86.0 Å². The molecule has 2 N–H and O–H groups in total. The van der Waals surface area contributed by atoms with Crippen LogP contribution in [0.3, 0.4) is 0 Å². The predicted molar refractivity (Wildman–Crippen MR) is 504 cm³/mol. The minimum absolute atomic E-state index is 0.0274. The van der Waals surface area contributed by atoms with E-state index < -0.39 is 70.2 Å². The van der Waals surface area contributed by atoms with Crippen LogP contribution in [0.5, 0.6) is 17.6 Å². The summed E-state index contributed by atoms with van der Waals surface area (Å²) in [6.45, 7) is 29.0. The number of piperazine rings is 2. The van der Waals surface area contributed by atoms with E-state index in [2.05, 4.69) is 202 Å². The normalized spacial score (nSPS) is 19.5. The number of rotatable bonds is 25. The molecule has 2 aromatic carbocycles. The third kappa shape index (κ3) is 33.0. The zero-order chi connectivity index (χ0) is 99.4. The number of esters is 6. The van der Waals surface area contributed by atoms with Crippen LogP contribution in [0.25, 0.3) is 12.2 Å². The summed E-state index contributed by atoms with van der Waals surface area (Å²) in [5, 5.41) is 30.8. The number of benzene rings is 2. The molecule has 139 heavy (non-hydrogen) atoms. The van der Waals surface area contributed by atoms with Gasteiger partial charge in [-0.25, -0.2) is 83.8 Å². The largest absolute Gasteiger partial charge is 0.476 e. The van der Waals surface area contributed by atoms with Gasteiger partial charge in [-0.05, 0) is 66.5 Å². The molecule has 0 spiro atoms. The molecule has 8 aromatic rings. The number of aromatic nitrogens is 12. The molecule has 2 saturated heterocycles. The van der Waals surface area contributed by atoms with E-state index >= 15 is 0 Å². The lowest BCUT2D eigenvalue weighted by atomic mass is 9.92. The molecule has 0 bridgehead atoms. The van der Waals surface area contributed by atoms with Gasteiger partial charge in [-0.2, -0.15) is 8.42 Å². The minimum Gasteiger partial charge on any atom is -0.476 e. The standard InChI is InChI=1S/C23H27N5O2.C14H20N2.C13H14ClN3O5.C11H11N3O4.C10H11N3O5S.C8H12O4.C7H7ClN2O2.C5H4ClN3O/c1-17(11-18-5-3-2-4-6-18)13-27-7-9-28(10-8-27)14-21-20-15-29-23-19(12-24-16-25-23)22(20)26-30-21;1-13(11-14-5-3-2-4-6-14)12-16-9-7-15-8-10-16;1-3-20-12(18)8-9(7-5-15-6-16-11(7)14)17-22-10(8)13(19)21-4-2;1-2-16-11(15)9-7-4-17-10-6(3-12-5-13-10)8(7)14-18-9;1-19(14,15)17-4-8-7-3-16-10-6(2-11-5-12-10)9(7)13-18-8;1-3-11-7(9)5-6-8(10)12-4-2;1-2-12-7(11)5-3-9-4-10-6(5)8;6-5-4(2-9-10)1-7-3-8-5/h2-6,11-12,16,20-21H,7-10,13-15H2,1H3;2-6,11,15H,7-10,12H2,1H3;5-6,8,10H,3-4H2,1-2H3;3,5,7,9H,2,4H2,1H3;2,5,7-8H,3-4H2,1H3;5-6H,3-4H2,1-2H3;3-4H,2H2,1H3;1-3,10H/b17-11+;13-11+;;;;6-5-;;. The van der Waals surface area contributed by atoms with Crippen LogP contribution < -0.4 is 19.5 Å². The summed E-state index contributed by atoms with van der Waals surface area (Å²) >= 11 is 17.1. The van der Waals surface area contributed by atoms with Crippen molar-refractivity contribution in [1.29, 1.82) is 0 Å². The monoisotopic (exact) mass is 2000 g/mol. The molecule has 9 aliphatic rings. The second kappa shape index (κ2) is 56.3. The number of ether oxygens (including phenoxy) is 9. The van der Waals surface area contributed by atoms with Crippen LogP contribution in [0.1, 0.15) is 105 Å².